The van der Waals surface area contributed by atoms with Crippen molar-refractivity contribution in [3.63, 3.8) is 0 Å². The fourth-order valence-electron chi connectivity index (χ4n) is 3.84. The minimum Gasteiger partial charge on any atom is -0.372 e. The minimum absolute atomic E-state index is 0.0410. The van der Waals surface area contributed by atoms with Crippen molar-refractivity contribution in [3.8, 4) is 0 Å². The Morgan fingerprint density at radius 3 is 2.39 bits per heavy atom. The van der Waals surface area contributed by atoms with Crippen molar-refractivity contribution in [2.75, 3.05) is 49.5 Å². The summed E-state index contributed by atoms with van der Waals surface area (Å²) in [6.45, 7) is 10.3. The van der Waals surface area contributed by atoms with E-state index in [1.54, 1.807) is 9.80 Å². The summed E-state index contributed by atoms with van der Waals surface area (Å²) in [6.07, 6.45) is 1.43. The van der Waals surface area contributed by atoms with Gasteiger partial charge in [0.15, 0.2) is 0 Å². The summed E-state index contributed by atoms with van der Waals surface area (Å²) >= 11 is 0. The van der Waals surface area contributed by atoms with E-state index in [0.29, 0.717) is 32.6 Å². The van der Waals surface area contributed by atoms with Crippen LogP contribution in [0, 0.1) is 18.8 Å². The highest BCUT2D eigenvalue weighted by molar-refractivity contribution is 6.00. The molecule has 1 aliphatic heterocycles. The third-order valence-corrected chi connectivity index (χ3v) is 5.82. The highest BCUT2D eigenvalue weighted by Gasteiger charge is 2.49. The molecule has 1 aromatic rings. The molecule has 7 heteroatoms. The third-order valence-electron chi connectivity index (χ3n) is 5.82. The van der Waals surface area contributed by atoms with Crippen LogP contribution in [-0.4, -0.2) is 67.3 Å². The highest BCUT2D eigenvalue weighted by atomic mass is 16.2. The van der Waals surface area contributed by atoms with E-state index in [0.717, 1.165) is 36.4 Å². The monoisotopic (exact) mass is 386 g/mol. The Kier molecular flexibility index (Phi) is 6.21. The normalized spacial score (nSPS) is 21.2. The van der Waals surface area contributed by atoms with Gasteiger partial charge in [-0.1, -0.05) is 0 Å². The van der Waals surface area contributed by atoms with E-state index in [9.17, 15) is 14.4 Å². The van der Waals surface area contributed by atoms with Crippen LogP contribution in [0.4, 0.5) is 11.4 Å². The molecule has 0 radical (unpaired) electrons. The molecule has 3 rings (SSSR count). The Labute approximate surface area is 166 Å². The van der Waals surface area contributed by atoms with Gasteiger partial charge >= 0.3 is 0 Å². The summed E-state index contributed by atoms with van der Waals surface area (Å²) in [5, 5.41) is 3.00. The maximum Gasteiger partial charge on any atom is 0.228 e. The number of piperazine rings is 1. The summed E-state index contributed by atoms with van der Waals surface area (Å²) in [5.74, 6) is -0.514. The van der Waals surface area contributed by atoms with Gasteiger partial charge in [-0.05, 0) is 51.0 Å². The van der Waals surface area contributed by atoms with Crippen molar-refractivity contribution < 1.29 is 14.4 Å². The van der Waals surface area contributed by atoms with Gasteiger partial charge in [0.05, 0.1) is 11.8 Å². The van der Waals surface area contributed by atoms with Gasteiger partial charge in [-0.25, -0.2) is 0 Å². The standard InChI is InChI=1S/C21H30N4O3/c1-4-24(5-2)16-6-7-19(15(3)12-16)22-20(27)17-13-18(17)21(28)25-10-8-23(14-26)9-11-25/h6-7,12,14,17-18H,4-5,8-11,13H2,1-3H3,(H,22,27). The molecule has 3 amide bonds. The zero-order valence-electron chi connectivity index (χ0n) is 17.0. The molecule has 152 valence electrons. The van der Waals surface area contributed by atoms with Gasteiger partial charge in [0.25, 0.3) is 0 Å². The first-order chi connectivity index (χ1) is 13.5. The predicted octanol–water partition coefficient (Wildman–Crippen LogP) is 1.72. The molecule has 0 spiro atoms. The lowest BCUT2D eigenvalue weighted by molar-refractivity contribution is -0.137. The number of hydrogen-bond acceptors (Lipinski definition) is 4. The second-order valence-electron chi connectivity index (χ2n) is 7.58. The number of hydrogen-bond donors (Lipinski definition) is 1. The number of aryl methyl sites for hydroxylation is 1. The number of nitrogens with zero attached hydrogens (tertiary/aromatic N) is 3. The van der Waals surface area contributed by atoms with E-state index < -0.39 is 0 Å². The summed E-state index contributed by atoms with van der Waals surface area (Å²) in [7, 11) is 0. The van der Waals surface area contributed by atoms with E-state index in [-0.39, 0.29) is 23.7 Å². The molecule has 1 saturated carbocycles. The number of benzene rings is 1. The van der Waals surface area contributed by atoms with Crippen LogP contribution in [-0.2, 0) is 14.4 Å². The first kappa shape index (κ1) is 20.2. The van der Waals surface area contributed by atoms with Crippen molar-refractivity contribution in [2.45, 2.75) is 27.2 Å². The van der Waals surface area contributed by atoms with Gasteiger partial charge in [0, 0.05) is 50.6 Å². The first-order valence-corrected chi connectivity index (χ1v) is 10.1. The molecule has 2 fully saturated rings. The number of carbonyl (C=O) groups excluding carboxylic acids is 3. The van der Waals surface area contributed by atoms with Gasteiger partial charge < -0.3 is 20.0 Å². The maximum absolute atomic E-state index is 12.6. The topological polar surface area (TPSA) is 73.0 Å². The molecule has 0 bridgehead atoms. The quantitative estimate of drug-likeness (QED) is 0.724. The molecule has 0 aromatic heterocycles. The molecule has 28 heavy (non-hydrogen) atoms. The van der Waals surface area contributed by atoms with Crippen molar-refractivity contribution in [1.29, 1.82) is 0 Å². The van der Waals surface area contributed by atoms with Crippen LogP contribution >= 0.6 is 0 Å². The molecule has 2 atom stereocenters. The van der Waals surface area contributed by atoms with Gasteiger partial charge in [-0.3, -0.25) is 14.4 Å². The highest BCUT2D eigenvalue weighted by Crippen LogP contribution is 2.41. The largest absolute Gasteiger partial charge is 0.372 e. The van der Waals surface area contributed by atoms with E-state index >= 15 is 0 Å². The summed E-state index contributed by atoms with van der Waals surface area (Å²) in [4.78, 5) is 41.7. The summed E-state index contributed by atoms with van der Waals surface area (Å²) in [5.41, 5.74) is 2.97. The SMILES string of the molecule is CCN(CC)c1ccc(NC(=O)C2CC2C(=O)N2CCN(C=O)CC2)c(C)c1. The lowest BCUT2D eigenvalue weighted by Gasteiger charge is -2.32. The number of rotatable bonds is 7. The van der Waals surface area contributed by atoms with Gasteiger partial charge in [0.1, 0.15) is 0 Å². The van der Waals surface area contributed by atoms with E-state index in [2.05, 4.69) is 30.1 Å². The van der Waals surface area contributed by atoms with Gasteiger partial charge in [-0.15, -0.1) is 0 Å². The zero-order valence-corrected chi connectivity index (χ0v) is 17.0. The van der Waals surface area contributed by atoms with Crippen molar-refractivity contribution in [1.82, 2.24) is 9.80 Å². The van der Waals surface area contributed by atoms with E-state index in [1.807, 2.05) is 19.1 Å². The molecular weight excluding hydrogens is 356 g/mol. The molecule has 1 aromatic carbocycles. The van der Waals surface area contributed by atoms with Crippen LogP contribution in [0.2, 0.25) is 0 Å². The Morgan fingerprint density at radius 2 is 1.82 bits per heavy atom. The van der Waals surface area contributed by atoms with E-state index in [1.165, 1.54) is 0 Å². The van der Waals surface area contributed by atoms with Gasteiger partial charge in [-0.2, -0.15) is 0 Å². The lowest BCUT2D eigenvalue weighted by Crippen LogP contribution is -2.48. The Morgan fingerprint density at radius 1 is 1.14 bits per heavy atom. The maximum atomic E-state index is 12.6. The van der Waals surface area contributed by atoms with Crippen LogP contribution in [0.3, 0.4) is 0 Å². The molecule has 2 aliphatic rings. The Bertz CT molecular complexity index is 739. The van der Waals surface area contributed by atoms with Crippen molar-refractivity contribution in [3.05, 3.63) is 23.8 Å². The third kappa shape index (κ3) is 4.29. The molecule has 1 aliphatic carbocycles. The Balaban J connectivity index is 1.55. The van der Waals surface area contributed by atoms with E-state index in [4.69, 9.17) is 0 Å². The van der Waals surface area contributed by atoms with Crippen LogP contribution in [0.25, 0.3) is 0 Å². The van der Waals surface area contributed by atoms with Crippen LogP contribution in [0.5, 0.6) is 0 Å². The van der Waals surface area contributed by atoms with Crippen molar-refractivity contribution in [2.24, 2.45) is 11.8 Å². The molecule has 7 nitrogen and oxygen atoms in total. The second-order valence-corrected chi connectivity index (χ2v) is 7.58. The average Bonchev–Trinajstić information content (AvgIpc) is 3.51. The number of nitrogens with one attached hydrogen (secondary N) is 1. The minimum atomic E-state index is -0.251. The average molecular weight is 386 g/mol. The second kappa shape index (κ2) is 8.63. The molecule has 1 N–H and O–H groups in total. The van der Waals surface area contributed by atoms with Crippen LogP contribution < -0.4 is 10.2 Å². The zero-order chi connectivity index (χ0) is 20.3. The first-order valence-electron chi connectivity index (χ1n) is 10.1. The van der Waals surface area contributed by atoms with Crippen LogP contribution in [0.15, 0.2) is 18.2 Å². The fourth-order valence-corrected chi connectivity index (χ4v) is 3.84. The summed E-state index contributed by atoms with van der Waals surface area (Å²) in [6, 6.07) is 6.06. The fraction of sp³-hybridized carbons (Fsp3) is 0.571. The molecule has 1 saturated heterocycles. The van der Waals surface area contributed by atoms with Gasteiger partial charge in [0.2, 0.25) is 18.2 Å². The van der Waals surface area contributed by atoms with Crippen molar-refractivity contribution >= 4 is 29.6 Å². The number of carbonyl (C=O) groups is 3. The van der Waals surface area contributed by atoms with Crippen LogP contribution in [0.1, 0.15) is 25.8 Å². The smallest absolute Gasteiger partial charge is 0.228 e. The Hall–Kier alpha value is -2.57. The molecular formula is C21H30N4O3. The number of amides is 3. The predicted molar refractivity (Wildman–Crippen MR) is 109 cm³/mol. The molecule has 2 unspecified atom stereocenters. The lowest BCUT2D eigenvalue weighted by atomic mass is 10.1. The number of anilines is 2. The molecule has 1 heterocycles. The summed E-state index contributed by atoms with van der Waals surface area (Å²) < 4.78 is 0.